The highest BCUT2D eigenvalue weighted by Crippen LogP contribution is 2.38. The molecule has 8 heteroatoms. The number of benzene rings is 1. The Kier molecular flexibility index (Phi) is 5.65. The van der Waals surface area contributed by atoms with Crippen molar-refractivity contribution < 1.29 is 23.8 Å². The topological polar surface area (TPSA) is 80.3 Å². The summed E-state index contributed by atoms with van der Waals surface area (Å²) in [4.78, 5) is 29.9. The van der Waals surface area contributed by atoms with Gasteiger partial charge < -0.3 is 29.3 Å². The smallest absolute Gasteiger partial charge is 0.254 e. The number of likely N-dealkylation sites (tertiary alicyclic amines) is 2. The lowest BCUT2D eigenvalue weighted by molar-refractivity contribution is -0.119. The van der Waals surface area contributed by atoms with Crippen LogP contribution in [0.4, 0.5) is 5.69 Å². The molecule has 1 aromatic rings. The number of methoxy groups -OCH3 is 2. The van der Waals surface area contributed by atoms with Crippen LogP contribution < -0.4 is 14.8 Å². The lowest BCUT2D eigenvalue weighted by Gasteiger charge is -2.32. The molecule has 158 valence electrons. The molecular weight excluding hydrogens is 374 g/mol. The highest BCUT2D eigenvalue weighted by molar-refractivity contribution is 6.00. The summed E-state index contributed by atoms with van der Waals surface area (Å²) < 4.78 is 16.8. The molecule has 0 aliphatic carbocycles. The van der Waals surface area contributed by atoms with Crippen LogP contribution in [0.25, 0.3) is 0 Å². The summed E-state index contributed by atoms with van der Waals surface area (Å²) in [5.74, 6) is 0.620. The zero-order valence-electron chi connectivity index (χ0n) is 17.3. The molecule has 1 N–H and O–H groups in total. The van der Waals surface area contributed by atoms with E-state index in [4.69, 9.17) is 14.2 Å². The molecule has 3 heterocycles. The molecule has 3 fully saturated rings. The van der Waals surface area contributed by atoms with E-state index in [1.54, 1.807) is 12.1 Å². The lowest BCUT2D eigenvalue weighted by atomic mass is 10.1. The SMILES string of the molecule is COc1cc(C(=O)N2C[C@H]3CC[C@@H](C2)O3)cc(NC(=O)C2CCN(C)C2)c1OC. The van der Waals surface area contributed by atoms with Crippen LogP contribution in [-0.2, 0) is 9.53 Å². The van der Waals surface area contributed by atoms with Crippen LogP contribution in [0.3, 0.4) is 0 Å². The van der Waals surface area contributed by atoms with E-state index in [1.807, 2.05) is 11.9 Å². The van der Waals surface area contributed by atoms with Crippen LogP contribution in [0.2, 0.25) is 0 Å². The number of anilines is 1. The predicted molar refractivity (Wildman–Crippen MR) is 108 cm³/mol. The van der Waals surface area contributed by atoms with E-state index in [9.17, 15) is 9.59 Å². The molecule has 2 bridgehead atoms. The molecular formula is C21H29N3O5. The summed E-state index contributed by atoms with van der Waals surface area (Å²) in [6.45, 7) is 2.82. The maximum Gasteiger partial charge on any atom is 0.254 e. The highest BCUT2D eigenvalue weighted by Gasteiger charge is 2.36. The Labute approximate surface area is 171 Å². The van der Waals surface area contributed by atoms with Crippen molar-refractivity contribution in [2.45, 2.75) is 31.5 Å². The maximum atomic E-state index is 13.2. The van der Waals surface area contributed by atoms with Crippen molar-refractivity contribution in [2.24, 2.45) is 5.92 Å². The minimum absolute atomic E-state index is 0.0660. The number of morpholine rings is 1. The molecule has 3 aliphatic heterocycles. The molecule has 0 saturated carbocycles. The Morgan fingerprint density at radius 3 is 2.38 bits per heavy atom. The summed E-state index contributed by atoms with van der Waals surface area (Å²) in [6.07, 6.45) is 3.05. The average Bonchev–Trinajstić information content (AvgIpc) is 3.31. The minimum Gasteiger partial charge on any atom is -0.493 e. The molecule has 0 spiro atoms. The van der Waals surface area contributed by atoms with Crippen molar-refractivity contribution in [2.75, 3.05) is 52.8 Å². The van der Waals surface area contributed by atoms with Crippen molar-refractivity contribution in [3.63, 3.8) is 0 Å². The predicted octanol–water partition coefficient (Wildman–Crippen LogP) is 1.60. The zero-order chi connectivity index (χ0) is 20.5. The summed E-state index contributed by atoms with van der Waals surface area (Å²) >= 11 is 0. The molecule has 0 aromatic heterocycles. The van der Waals surface area contributed by atoms with Crippen molar-refractivity contribution in [3.8, 4) is 11.5 Å². The Balaban J connectivity index is 1.58. The molecule has 8 nitrogen and oxygen atoms in total. The lowest BCUT2D eigenvalue weighted by Crippen LogP contribution is -2.45. The zero-order valence-corrected chi connectivity index (χ0v) is 17.3. The number of nitrogens with one attached hydrogen (secondary N) is 1. The van der Waals surface area contributed by atoms with Crippen LogP contribution >= 0.6 is 0 Å². The summed E-state index contributed by atoms with van der Waals surface area (Å²) in [5.41, 5.74) is 0.939. The van der Waals surface area contributed by atoms with Gasteiger partial charge >= 0.3 is 0 Å². The van der Waals surface area contributed by atoms with E-state index in [-0.39, 0.29) is 29.9 Å². The second-order valence-corrected chi connectivity index (χ2v) is 8.16. The molecule has 3 atom stereocenters. The number of nitrogens with zero attached hydrogens (tertiary/aromatic N) is 2. The number of hydrogen-bond donors (Lipinski definition) is 1. The van der Waals surface area contributed by atoms with E-state index in [0.717, 1.165) is 32.4 Å². The summed E-state index contributed by atoms with van der Waals surface area (Å²) in [7, 11) is 5.06. The number of carbonyl (C=O) groups excluding carboxylic acids is 2. The monoisotopic (exact) mass is 403 g/mol. The third-order valence-electron chi connectivity index (χ3n) is 6.08. The van der Waals surface area contributed by atoms with Gasteiger partial charge in [-0.25, -0.2) is 0 Å². The molecule has 1 unspecified atom stereocenters. The average molecular weight is 403 g/mol. The van der Waals surface area contributed by atoms with Gasteiger partial charge in [-0.1, -0.05) is 0 Å². The largest absolute Gasteiger partial charge is 0.493 e. The van der Waals surface area contributed by atoms with Gasteiger partial charge in [-0.3, -0.25) is 9.59 Å². The van der Waals surface area contributed by atoms with Gasteiger partial charge in [-0.05, 0) is 45.0 Å². The van der Waals surface area contributed by atoms with Gasteiger partial charge in [0.1, 0.15) is 0 Å². The Bertz CT molecular complexity index is 787. The molecule has 3 aliphatic rings. The van der Waals surface area contributed by atoms with Crippen LogP contribution in [0.15, 0.2) is 12.1 Å². The molecule has 0 radical (unpaired) electrons. The first-order valence-corrected chi connectivity index (χ1v) is 10.2. The standard InChI is InChI=1S/C21H29N3O5/c1-23-7-6-13(10-23)20(25)22-17-8-14(9-18(27-2)19(17)28-3)21(26)24-11-15-4-5-16(12-24)29-15/h8-9,13,15-16H,4-7,10-12H2,1-3H3,(H,22,25)/t13?,15-,16+. The first-order valence-electron chi connectivity index (χ1n) is 10.2. The van der Waals surface area contributed by atoms with Crippen molar-refractivity contribution >= 4 is 17.5 Å². The van der Waals surface area contributed by atoms with E-state index in [2.05, 4.69) is 10.2 Å². The normalized spacial score (nSPS) is 26.4. The van der Waals surface area contributed by atoms with Crippen LogP contribution in [0, 0.1) is 5.92 Å². The first kappa shape index (κ1) is 20.0. The van der Waals surface area contributed by atoms with Gasteiger partial charge in [0.2, 0.25) is 5.91 Å². The van der Waals surface area contributed by atoms with E-state index in [0.29, 0.717) is 35.8 Å². The van der Waals surface area contributed by atoms with Gasteiger partial charge in [-0.15, -0.1) is 0 Å². The van der Waals surface area contributed by atoms with Gasteiger partial charge in [0.15, 0.2) is 11.5 Å². The second kappa shape index (κ2) is 8.20. The number of hydrogen-bond acceptors (Lipinski definition) is 6. The first-order chi connectivity index (χ1) is 14.0. The van der Waals surface area contributed by atoms with E-state index >= 15 is 0 Å². The fourth-order valence-electron chi connectivity index (χ4n) is 4.53. The number of carbonyl (C=O) groups is 2. The number of fused-ring (bicyclic) bond motifs is 2. The van der Waals surface area contributed by atoms with Gasteiger partial charge in [0.25, 0.3) is 5.91 Å². The fraction of sp³-hybridized carbons (Fsp3) is 0.619. The van der Waals surface area contributed by atoms with Crippen molar-refractivity contribution in [3.05, 3.63) is 17.7 Å². The Morgan fingerprint density at radius 2 is 1.79 bits per heavy atom. The number of amides is 2. The third-order valence-corrected chi connectivity index (χ3v) is 6.08. The summed E-state index contributed by atoms with van der Waals surface area (Å²) in [6, 6.07) is 3.37. The fourth-order valence-corrected chi connectivity index (χ4v) is 4.53. The van der Waals surface area contributed by atoms with Crippen molar-refractivity contribution in [1.82, 2.24) is 9.80 Å². The van der Waals surface area contributed by atoms with Crippen LogP contribution in [0.5, 0.6) is 11.5 Å². The highest BCUT2D eigenvalue weighted by atomic mass is 16.5. The van der Waals surface area contributed by atoms with E-state index in [1.165, 1.54) is 14.2 Å². The van der Waals surface area contributed by atoms with Crippen molar-refractivity contribution in [1.29, 1.82) is 0 Å². The van der Waals surface area contributed by atoms with E-state index < -0.39 is 0 Å². The summed E-state index contributed by atoms with van der Waals surface area (Å²) in [5, 5.41) is 2.96. The molecule has 4 rings (SSSR count). The Morgan fingerprint density at radius 1 is 1.07 bits per heavy atom. The second-order valence-electron chi connectivity index (χ2n) is 8.16. The number of ether oxygens (including phenoxy) is 3. The molecule has 2 amide bonds. The third kappa shape index (κ3) is 4.04. The molecule has 3 saturated heterocycles. The number of rotatable bonds is 5. The molecule has 29 heavy (non-hydrogen) atoms. The molecule has 1 aromatic carbocycles. The maximum absolute atomic E-state index is 13.2. The van der Waals surface area contributed by atoms with Crippen LogP contribution in [-0.4, -0.2) is 81.3 Å². The Hall–Kier alpha value is -2.32. The van der Waals surface area contributed by atoms with Gasteiger partial charge in [-0.2, -0.15) is 0 Å². The minimum atomic E-state index is -0.0812. The quantitative estimate of drug-likeness (QED) is 0.804. The van der Waals surface area contributed by atoms with Gasteiger partial charge in [0.05, 0.1) is 38.0 Å². The van der Waals surface area contributed by atoms with Crippen LogP contribution in [0.1, 0.15) is 29.6 Å². The van der Waals surface area contributed by atoms with Gasteiger partial charge in [0, 0.05) is 25.2 Å².